The van der Waals surface area contributed by atoms with E-state index >= 15 is 0 Å². The van der Waals surface area contributed by atoms with E-state index in [-0.39, 0.29) is 17.1 Å². The Morgan fingerprint density at radius 1 is 1.21 bits per heavy atom. The fourth-order valence-corrected chi connectivity index (χ4v) is 2.04. The van der Waals surface area contributed by atoms with Crippen molar-refractivity contribution in [3.8, 4) is 0 Å². The zero-order chi connectivity index (χ0) is 14.8. The second-order valence-electron chi connectivity index (χ2n) is 6.10. The van der Waals surface area contributed by atoms with Gasteiger partial charge in [-0.3, -0.25) is 0 Å². The lowest BCUT2D eigenvalue weighted by atomic mass is 9.87. The number of halogens is 2. The molecule has 0 fully saturated rings. The highest BCUT2D eigenvalue weighted by Gasteiger charge is 2.27. The predicted octanol–water partition coefficient (Wildman–Crippen LogP) is 3.34. The average molecular weight is 270 g/mol. The molecule has 1 aromatic rings. The molecular formula is C15H24F2N2. The van der Waals surface area contributed by atoms with Crippen LogP contribution < -0.4 is 10.6 Å². The minimum absolute atomic E-state index is 0.0110. The molecule has 1 rings (SSSR count). The Bertz CT molecular complexity index is 415. The minimum atomic E-state index is -0.526. The second kappa shape index (κ2) is 5.87. The van der Waals surface area contributed by atoms with Crippen LogP contribution in [0.1, 0.15) is 33.3 Å². The molecule has 0 aromatic heterocycles. The van der Waals surface area contributed by atoms with Gasteiger partial charge in [-0.15, -0.1) is 0 Å². The third-order valence-corrected chi connectivity index (χ3v) is 3.70. The predicted molar refractivity (Wildman–Crippen MR) is 76.4 cm³/mol. The lowest BCUT2D eigenvalue weighted by Crippen LogP contribution is -2.40. The summed E-state index contributed by atoms with van der Waals surface area (Å²) in [4.78, 5) is 1.66. The monoisotopic (exact) mass is 270 g/mol. The highest BCUT2D eigenvalue weighted by Crippen LogP contribution is 2.31. The summed E-state index contributed by atoms with van der Waals surface area (Å²) in [6, 6.07) is 2.76. The van der Waals surface area contributed by atoms with E-state index in [0.717, 1.165) is 0 Å². The van der Waals surface area contributed by atoms with Gasteiger partial charge in [0.05, 0.1) is 0 Å². The summed E-state index contributed by atoms with van der Waals surface area (Å²) < 4.78 is 28.2. The molecule has 0 aliphatic heterocycles. The van der Waals surface area contributed by atoms with Gasteiger partial charge in [-0.25, -0.2) is 8.78 Å². The van der Waals surface area contributed by atoms with Crippen LogP contribution in [0.2, 0.25) is 0 Å². The molecule has 108 valence electrons. The lowest BCUT2D eigenvalue weighted by molar-refractivity contribution is 0.326. The normalized spacial score (nSPS) is 13.5. The molecule has 2 N–H and O–H groups in total. The number of hydrogen-bond donors (Lipinski definition) is 1. The Morgan fingerprint density at radius 2 is 1.68 bits per heavy atom. The van der Waals surface area contributed by atoms with Crippen LogP contribution in [-0.4, -0.2) is 19.6 Å². The molecule has 0 heterocycles. The standard InChI is InChI=1S/C15H24F2N2/c1-10(15(2,3)4)19(5)14-12(16)8-11(6-7-18)9-13(14)17/h8-10H,6-7,18H2,1-5H3. The van der Waals surface area contributed by atoms with E-state index in [1.807, 2.05) is 27.7 Å². The van der Waals surface area contributed by atoms with E-state index < -0.39 is 11.6 Å². The van der Waals surface area contributed by atoms with Gasteiger partial charge in [0, 0.05) is 13.1 Å². The molecule has 1 unspecified atom stereocenters. The van der Waals surface area contributed by atoms with Gasteiger partial charge < -0.3 is 10.6 Å². The molecule has 0 saturated carbocycles. The first-order valence-electron chi connectivity index (χ1n) is 6.59. The van der Waals surface area contributed by atoms with Crippen molar-refractivity contribution in [2.75, 3.05) is 18.5 Å². The van der Waals surface area contributed by atoms with Gasteiger partial charge in [0.25, 0.3) is 0 Å². The van der Waals surface area contributed by atoms with Gasteiger partial charge in [-0.1, -0.05) is 20.8 Å². The summed E-state index contributed by atoms with van der Waals surface area (Å²) in [6.45, 7) is 8.49. The number of rotatable bonds is 4. The van der Waals surface area contributed by atoms with Crippen LogP contribution in [0.25, 0.3) is 0 Å². The van der Waals surface area contributed by atoms with E-state index in [1.54, 1.807) is 11.9 Å². The van der Waals surface area contributed by atoms with E-state index in [0.29, 0.717) is 18.5 Å². The second-order valence-corrected chi connectivity index (χ2v) is 6.10. The van der Waals surface area contributed by atoms with E-state index in [1.165, 1.54) is 12.1 Å². The fourth-order valence-electron chi connectivity index (χ4n) is 2.04. The summed E-state index contributed by atoms with van der Waals surface area (Å²) in [6.07, 6.45) is 0.479. The first kappa shape index (κ1) is 15.9. The number of nitrogens with two attached hydrogens (primary N) is 1. The van der Waals surface area contributed by atoms with Crippen molar-refractivity contribution >= 4 is 5.69 Å². The fraction of sp³-hybridized carbons (Fsp3) is 0.600. The van der Waals surface area contributed by atoms with Gasteiger partial charge >= 0.3 is 0 Å². The maximum atomic E-state index is 14.1. The Labute approximate surface area is 114 Å². The van der Waals surface area contributed by atoms with Gasteiger partial charge in [0.1, 0.15) is 17.3 Å². The zero-order valence-electron chi connectivity index (χ0n) is 12.4. The van der Waals surface area contributed by atoms with Crippen LogP contribution in [0.15, 0.2) is 12.1 Å². The van der Waals surface area contributed by atoms with Crippen molar-refractivity contribution < 1.29 is 8.78 Å². The summed E-state index contributed by atoms with van der Waals surface area (Å²) in [5, 5.41) is 0. The van der Waals surface area contributed by atoms with Crippen molar-refractivity contribution in [2.45, 2.75) is 40.2 Å². The molecule has 0 aliphatic rings. The zero-order valence-corrected chi connectivity index (χ0v) is 12.4. The highest BCUT2D eigenvalue weighted by atomic mass is 19.1. The minimum Gasteiger partial charge on any atom is -0.367 e. The SMILES string of the molecule is CC(N(C)c1c(F)cc(CCN)cc1F)C(C)(C)C. The van der Waals surface area contributed by atoms with E-state index in [9.17, 15) is 8.78 Å². The van der Waals surface area contributed by atoms with E-state index in [4.69, 9.17) is 5.73 Å². The molecule has 4 heteroatoms. The molecule has 0 saturated heterocycles. The van der Waals surface area contributed by atoms with Gasteiger partial charge in [-0.05, 0) is 43.0 Å². The first-order valence-corrected chi connectivity index (χ1v) is 6.59. The van der Waals surface area contributed by atoms with Crippen LogP contribution >= 0.6 is 0 Å². The maximum absolute atomic E-state index is 14.1. The molecule has 19 heavy (non-hydrogen) atoms. The van der Waals surface area contributed by atoms with Crippen LogP contribution in [0, 0.1) is 17.0 Å². The molecule has 0 bridgehead atoms. The Balaban J connectivity index is 3.14. The molecule has 1 atom stereocenters. The highest BCUT2D eigenvalue weighted by molar-refractivity contribution is 5.51. The van der Waals surface area contributed by atoms with Crippen LogP contribution in [0.5, 0.6) is 0 Å². The van der Waals surface area contributed by atoms with Gasteiger partial charge in [0.2, 0.25) is 0 Å². The topological polar surface area (TPSA) is 29.3 Å². The van der Waals surface area contributed by atoms with Gasteiger partial charge in [-0.2, -0.15) is 0 Å². The van der Waals surface area contributed by atoms with Crippen LogP contribution in [-0.2, 0) is 6.42 Å². The summed E-state index contributed by atoms with van der Waals surface area (Å²) in [7, 11) is 1.72. The third-order valence-electron chi connectivity index (χ3n) is 3.70. The molecule has 0 amide bonds. The van der Waals surface area contributed by atoms with Gasteiger partial charge in [0.15, 0.2) is 0 Å². The Morgan fingerprint density at radius 3 is 2.05 bits per heavy atom. The summed E-state index contributed by atoms with van der Waals surface area (Å²) >= 11 is 0. The molecule has 2 nitrogen and oxygen atoms in total. The number of nitrogens with zero attached hydrogens (tertiary/aromatic N) is 1. The van der Waals surface area contributed by atoms with Crippen LogP contribution in [0.4, 0.5) is 14.5 Å². The molecule has 0 aliphatic carbocycles. The van der Waals surface area contributed by atoms with Crippen molar-refractivity contribution in [2.24, 2.45) is 11.1 Å². The number of hydrogen-bond acceptors (Lipinski definition) is 2. The maximum Gasteiger partial charge on any atom is 0.149 e. The molecule has 0 spiro atoms. The molecule has 0 radical (unpaired) electrons. The first-order chi connectivity index (χ1) is 8.68. The smallest absolute Gasteiger partial charge is 0.149 e. The van der Waals surface area contributed by atoms with Crippen molar-refractivity contribution in [1.82, 2.24) is 0 Å². The number of anilines is 1. The summed E-state index contributed by atoms with van der Waals surface area (Å²) in [5.74, 6) is -1.05. The van der Waals surface area contributed by atoms with Crippen molar-refractivity contribution in [1.29, 1.82) is 0 Å². The Kier molecular flexibility index (Phi) is 4.91. The average Bonchev–Trinajstić information content (AvgIpc) is 2.26. The quantitative estimate of drug-likeness (QED) is 0.909. The molecular weight excluding hydrogens is 246 g/mol. The van der Waals surface area contributed by atoms with E-state index in [2.05, 4.69) is 0 Å². The largest absolute Gasteiger partial charge is 0.367 e. The van der Waals surface area contributed by atoms with Crippen molar-refractivity contribution in [3.05, 3.63) is 29.3 Å². The summed E-state index contributed by atoms with van der Waals surface area (Å²) in [5.41, 5.74) is 5.97. The van der Waals surface area contributed by atoms with Crippen molar-refractivity contribution in [3.63, 3.8) is 0 Å². The number of benzene rings is 1. The third kappa shape index (κ3) is 3.66. The lowest BCUT2D eigenvalue weighted by Gasteiger charge is -2.37. The van der Waals surface area contributed by atoms with Crippen LogP contribution in [0.3, 0.4) is 0 Å². The molecule has 1 aromatic carbocycles. The Hall–Kier alpha value is -1.16.